The van der Waals surface area contributed by atoms with Crippen molar-refractivity contribution in [1.82, 2.24) is 15.2 Å². The highest BCUT2D eigenvalue weighted by Gasteiger charge is 2.13. The lowest BCUT2D eigenvalue weighted by Crippen LogP contribution is -1.97. The van der Waals surface area contributed by atoms with Crippen LogP contribution in [0.3, 0.4) is 0 Å². The lowest BCUT2D eigenvalue weighted by molar-refractivity contribution is -0.384. The van der Waals surface area contributed by atoms with E-state index in [9.17, 15) is 10.1 Å². The number of aromatic nitrogens is 3. The van der Waals surface area contributed by atoms with Gasteiger partial charge in [-0.15, -0.1) is 10.2 Å². The summed E-state index contributed by atoms with van der Waals surface area (Å²) < 4.78 is 0. The molecule has 0 N–H and O–H groups in total. The third-order valence-electron chi connectivity index (χ3n) is 4.20. The van der Waals surface area contributed by atoms with Gasteiger partial charge in [-0.25, -0.2) is 9.98 Å². The van der Waals surface area contributed by atoms with Crippen LogP contribution in [-0.4, -0.2) is 26.3 Å². The number of benzene rings is 3. The molecule has 140 valence electrons. The van der Waals surface area contributed by atoms with Crippen LogP contribution in [0.5, 0.6) is 0 Å². The van der Waals surface area contributed by atoms with E-state index in [0.29, 0.717) is 17.0 Å². The number of rotatable bonds is 5. The minimum absolute atomic E-state index is 0.0265. The molecule has 0 atom stereocenters. The summed E-state index contributed by atoms with van der Waals surface area (Å²) in [6.07, 6.45) is 1.55. The summed E-state index contributed by atoms with van der Waals surface area (Å²) in [4.78, 5) is 19.2. The van der Waals surface area contributed by atoms with Gasteiger partial charge in [0.25, 0.3) is 11.6 Å². The number of hydrogen-bond donors (Lipinski definition) is 0. The monoisotopic (exact) mass is 381 g/mol. The Morgan fingerprint density at radius 3 is 1.93 bits per heavy atom. The lowest BCUT2D eigenvalue weighted by atomic mass is 10.0. The maximum Gasteiger partial charge on any atom is 0.269 e. The molecule has 7 nitrogen and oxygen atoms in total. The molecule has 0 amide bonds. The zero-order valence-electron chi connectivity index (χ0n) is 15.2. The van der Waals surface area contributed by atoms with Crippen molar-refractivity contribution in [1.29, 1.82) is 0 Å². The first-order valence-electron chi connectivity index (χ1n) is 8.85. The van der Waals surface area contributed by atoms with Crippen LogP contribution in [0.1, 0.15) is 5.56 Å². The van der Waals surface area contributed by atoms with Gasteiger partial charge in [0.2, 0.25) is 0 Å². The number of aliphatic imine (C=N–C) groups is 1. The summed E-state index contributed by atoms with van der Waals surface area (Å²) >= 11 is 0. The molecule has 29 heavy (non-hydrogen) atoms. The number of nitrogens with zero attached hydrogens (tertiary/aromatic N) is 5. The average Bonchev–Trinajstić information content (AvgIpc) is 2.79. The van der Waals surface area contributed by atoms with Crippen LogP contribution in [0.4, 0.5) is 11.6 Å². The topological polar surface area (TPSA) is 94.2 Å². The highest BCUT2D eigenvalue weighted by Crippen LogP contribution is 2.29. The third-order valence-corrected chi connectivity index (χ3v) is 4.20. The third kappa shape index (κ3) is 4.19. The Morgan fingerprint density at radius 1 is 0.759 bits per heavy atom. The zero-order valence-corrected chi connectivity index (χ0v) is 15.2. The van der Waals surface area contributed by atoms with E-state index in [1.165, 1.54) is 12.1 Å². The molecule has 0 unspecified atom stereocenters. The van der Waals surface area contributed by atoms with Gasteiger partial charge in [-0.3, -0.25) is 10.1 Å². The van der Waals surface area contributed by atoms with E-state index in [1.54, 1.807) is 18.3 Å². The van der Waals surface area contributed by atoms with Crippen LogP contribution in [0.15, 0.2) is 89.9 Å². The quantitative estimate of drug-likeness (QED) is 0.279. The summed E-state index contributed by atoms with van der Waals surface area (Å²) in [7, 11) is 0. The molecular formula is C22H15N5O2. The first kappa shape index (κ1) is 18.1. The van der Waals surface area contributed by atoms with Crippen molar-refractivity contribution in [2.75, 3.05) is 0 Å². The van der Waals surface area contributed by atoms with Crippen LogP contribution in [0, 0.1) is 10.1 Å². The van der Waals surface area contributed by atoms with Crippen molar-refractivity contribution >= 4 is 17.9 Å². The van der Waals surface area contributed by atoms with Crippen LogP contribution in [0.2, 0.25) is 0 Å². The van der Waals surface area contributed by atoms with Crippen molar-refractivity contribution < 1.29 is 4.92 Å². The van der Waals surface area contributed by atoms with Gasteiger partial charge in [-0.2, -0.15) is 0 Å². The predicted octanol–water partition coefficient (Wildman–Crippen LogP) is 4.86. The first-order chi connectivity index (χ1) is 14.2. The molecular weight excluding hydrogens is 366 g/mol. The van der Waals surface area contributed by atoms with Crippen LogP contribution < -0.4 is 0 Å². The summed E-state index contributed by atoms with van der Waals surface area (Å²) in [5.41, 5.74) is 3.91. The molecule has 4 rings (SSSR count). The number of nitro groups is 1. The van der Waals surface area contributed by atoms with Crippen molar-refractivity contribution in [2.24, 2.45) is 4.99 Å². The fraction of sp³-hybridized carbons (Fsp3) is 0. The fourth-order valence-corrected chi connectivity index (χ4v) is 2.77. The molecule has 0 saturated carbocycles. The Kier molecular flexibility index (Phi) is 5.11. The van der Waals surface area contributed by atoms with Gasteiger partial charge in [-0.1, -0.05) is 60.7 Å². The first-order valence-corrected chi connectivity index (χ1v) is 8.85. The second kappa shape index (κ2) is 8.18. The maximum atomic E-state index is 10.8. The van der Waals surface area contributed by atoms with E-state index in [0.717, 1.165) is 11.1 Å². The second-order valence-corrected chi connectivity index (χ2v) is 6.15. The Bertz CT molecular complexity index is 1160. The summed E-state index contributed by atoms with van der Waals surface area (Å²) in [6, 6.07) is 25.5. The van der Waals surface area contributed by atoms with Gasteiger partial charge >= 0.3 is 0 Å². The Hall–Kier alpha value is -4.26. The molecule has 0 radical (unpaired) electrons. The Balaban J connectivity index is 1.71. The molecule has 0 aliphatic heterocycles. The van der Waals surface area contributed by atoms with E-state index in [-0.39, 0.29) is 11.6 Å². The fourth-order valence-electron chi connectivity index (χ4n) is 2.77. The molecule has 0 fully saturated rings. The Labute approximate surface area is 166 Å². The van der Waals surface area contributed by atoms with Gasteiger partial charge in [0.05, 0.1) is 4.92 Å². The van der Waals surface area contributed by atoms with E-state index in [4.69, 9.17) is 0 Å². The van der Waals surface area contributed by atoms with Crippen molar-refractivity contribution in [3.63, 3.8) is 0 Å². The van der Waals surface area contributed by atoms with Gasteiger partial charge in [0, 0.05) is 29.5 Å². The van der Waals surface area contributed by atoms with E-state index in [1.807, 2.05) is 60.7 Å². The molecule has 0 bridgehead atoms. The summed E-state index contributed by atoms with van der Waals surface area (Å²) in [5.74, 6) is 0.210. The highest BCUT2D eigenvalue weighted by atomic mass is 16.6. The van der Waals surface area contributed by atoms with Gasteiger partial charge in [0.1, 0.15) is 11.4 Å². The van der Waals surface area contributed by atoms with Crippen LogP contribution >= 0.6 is 0 Å². The van der Waals surface area contributed by atoms with Gasteiger partial charge < -0.3 is 0 Å². The SMILES string of the molecule is O=[N+]([O-])c1ccc(C=Nc2nnc(-c3ccccc3)c(-c3ccccc3)n2)cc1. The standard InChI is InChI=1S/C22H15N5O2/c28-27(29)19-13-11-16(12-14-19)15-23-22-24-20(17-7-3-1-4-8-17)21(25-26-22)18-9-5-2-6-10-18/h1-15H. The molecule has 1 heterocycles. The predicted molar refractivity (Wildman–Crippen MR) is 111 cm³/mol. The highest BCUT2D eigenvalue weighted by molar-refractivity contribution is 5.82. The van der Waals surface area contributed by atoms with Gasteiger partial charge in [-0.05, 0) is 17.7 Å². The number of nitro benzene ring substituents is 1. The smallest absolute Gasteiger partial charge is 0.258 e. The second-order valence-electron chi connectivity index (χ2n) is 6.15. The van der Waals surface area contributed by atoms with Crippen molar-refractivity contribution in [3.8, 4) is 22.5 Å². The number of non-ortho nitro benzene ring substituents is 1. The van der Waals surface area contributed by atoms with E-state index < -0.39 is 4.92 Å². The average molecular weight is 381 g/mol. The van der Waals surface area contributed by atoms with Gasteiger partial charge in [0.15, 0.2) is 0 Å². The molecule has 0 aliphatic rings. The molecule has 1 aromatic heterocycles. The zero-order chi connectivity index (χ0) is 20.1. The van der Waals surface area contributed by atoms with Crippen molar-refractivity contribution in [3.05, 3.63) is 101 Å². The molecule has 0 spiro atoms. The molecule has 7 heteroatoms. The van der Waals surface area contributed by atoms with E-state index >= 15 is 0 Å². The minimum atomic E-state index is -0.442. The number of hydrogen-bond acceptors (Lipinski definition) is 6. The maximum absolute atomic E-state index is 10.8. The summed E-state index contributed by atoms with van der Waals surface area (Å²) in [6.45, 7) is 0. The van der Waals surface area contributed by atoms with Crippen LogP contribution in [-0.2, 0) is 0 Å². The minimum Gasteiger partial charge on any atom is -0.258 e. The van der Waals surface area contributed by atoms with Crippen LogP contribution in [0.25, 0.3) is 22.5 Å². The largest absolute Gasteiger partial charge is 0.269 e. The molecule has 3 aromatic carbocycles. The summed E-state index contributed by atoms with van der Waals surface area (Å²) in [5, 5.41) is 19.3. The molecule has 0 aliphatic carbocycles. The normalized spacial score (nSPS) is 10.9. The van der Waals surface area contributed by atoms with E-state index in [2.05, 4.69) is 20.2 Å². The molecule has 0 saturated heterocycles. The van der Waals surface area contributed by atoms with Crippen molar-refractivity contribution in [2.45, 2.75) is 0 Å². The molecule has 4 aromatic rings. The lowest BCUT2D eigenvalue weighted by Gasteiger charge is -2.08. The Morgan fingerprint density at radius 2 is 1.34 bits per heavy atom.